The molecule has 1 aromatic heterocycles. The van der Waals surface area contributed by atoms with Crippen molar-refractivity contribution in [1.82, 2.24) is 4.98 Å². The lowest BCUT2D eigenvalue weighted by Gasteiger charge is -2.15. The van der Waals surface area contributed by atoms with Gasteiger partial charge in [0.1, 0.15) is 35.3 Å². The highest BCUT2D eigenvalue weighted by molar-refractivity contribution is 14.1. The summed E-state index contributed by atoms with van der Waals surface area (Å²) in [5.41, 5.74) is -5.35. The molecule has 0 unspecified atom stereocenters. The molecule has 0 bridgehead atoms. The minimum atomic E-state index is -4.88. The predicted molar refractivity (Wildman–Crippen MR) is 371 cm³/mol. The molecule has 0 N–H and O–H groups in total. The third kappa shape index (κ3) is 40.7. The van der Waals surface area contributed by atoms with Gasteiger partial charge in [-0.1, -0.05) is 109 Å². The van der Waals surface area contributed by atoms with Crippen LogP contribution in [0, 0.1) is 3.57 Å². The summed E-state index contributed by atoms with van der Waals surface area (Å²) in [6.07, 6.45) is -47.1. The Bertz CT molecular complexity index is 4030. The fourth-order valence-corrected chi connectivity index (χ4v) is 9.35. The SMILES string of the molecule is CC(C)c1cc(C(F)(F)F)cc(C(F)(F)F)n1.CC(C)c1cc(C(F)F)cc(C(F)(F)F)c1.CC(C)c1cc(I)cc(C(F)(F)F)c1.CC(C)c1cc(OC(F)F)cc(C(F)(F)F)c1.CC(C)c1cc(OCC(F)(F)F)cc(C(F)(F)F)c1.CC(C)c1cc(OCC(F)F)cc(C(F)(F)F)c1.CC(C)c1cccc(OC(F)(F)F)c1. The molecular weight excluding hydrogens is 1740 g/mol. The quantitative estimate of drug-likeness (QED) is 0.0713. The van der Waals surface area contributed by atoms with Gasteiger partial charge in [-0.15, -0.1) is 13.2 Å². The van der Waals surface area contributed by atoms with Gasteiger partial charge >= 0.3 is 62.4 Å². The van der Waals surface area contributed by atoms with Gasteiger partial charge in [-0.25, -0.2) is 22.5 Å². The molecule has 0 amide bonds. The number of rotatable bonds is 16. The Morgan fingerprint density at radius 1 is 0.313 bits per heavy atom. The Labute approximate surface area is 653 Å². The number of hydrogen-bond acceptors (Lipinski definition) is 5. The van der Waals surface area contributed by atoms with Gasteiger partial charge in [0.15, 0.2) is 6.61 Å². The summed E-state index contributed by atoms with van der Waals surface area (Å²) in [5.74, 6) is -2.31. The summed E-state index contributed by atoms with van der Waals surface area (Å²) in [5, 5.41) is 0. The van der Waals surface area contributed by atoms with Crippen molar-refractivity contribution in [3.8, 4) is 23.0 Å². The van der Waals surface area contributed by atoms with Gasteiger partial charge in [0.05, 0.1) is 33.4 Å². The van der Waals surface area contributed by atoms with Gasteiger partial charge in [0.2, 0.25) is 0 Å². The van der Waals surface area contributed by atoms with Crippen molar-refractivity contribution in [3.05, 3.63) is 215 Å². The predicted octanol–water partition coefficient (Wildman–Crippen LogP) is 30.8. The molecule has 0 fully saturated rings. The molecule has 1 heterocycles. The van der Waals surface area contributed by atoms with Crippen LogP contribution in [0.3, 0.4) is 0 Å². The average molecular weight is 1820 g/mol. The van der Waals surface area contributed by atoms with Gasteiger partial charge in [-0.2, -0.15) is 114 Å². The van der Waals surface area contributed by atoms with Crippen molar-refractivity contribution < 1.29 is 164 Å². The molecule has 648 valence electrons. The van der Waals surface area contributed by atoms with Crippen molar-refractivity contribution in [1.29, 1.82) is 0 Å². The summed E-state index contributed by atoms with van der Waals surface area (Å²) < 4.78 is 424. The van der Waals surface area contributed by atoms with E-state index in [4.69, 9.17) is 0 Å². The van der Waals surface area contributed by atoms with E-state index in [0.717, 1.165) is 53.6 Å². The molecule has 0 saturated heterocycles. The first-order valence-electron chi connectivity index (χ1n) is 33.4. The Kier molecular flexibility index (Phi) is 39.8. The summed E-state index contributed by atoms with van der Waals surface area (Å²) >= 11 is 1.90. The van der Waals surface area contributed by atoms with Crippen molar-refractivity contribution in [2.45, 2.75) is 214 Å². The van der Waals surface area contributed by atoms with E-state index >= 15 is 0 Å². The van der Waals surface area contributed by atoms with Crippen molar-refractivity contribution in [2.24, 2.45) is 0 Å². The lowest BCUT2D eigenvalue weighted by Crippen LogP contribution is -2.19. The summed E-state index contributed by atoms with van der Waals surface area (Å²) in [6.45, 7) is 18.2. The third-order valence-corrected chi connectivity index (χ3v) is 15.3. The van der Waals surface area contributed by atoms with E-state index in [2.05, 4.69) is 23.9 Å². The zero-order chi connectivity index (χ0) is 89.6. The number of hydrogen-bond donors (Lipinski definition) is 0. The molecule has 6 aromatic carbocycles. The van der Waals surface area contributed by atoms with Gasteiger partial charge in [0.25, 0.3) is 12.9 Å². The second-order valence-corrected chi connectivity index (χ2v) is 27.9. The number of halogens is 34. The number of alkyl halides is 33. The molecule has 5 nitrogen and oxygen atoms in total. The maximum atomic E-state index is 12.6. The van der Waals surface area contributed by atoms with E-state index in [1.54, 1.807) is 73.6 Å². The molecule has 7 rings (SSSR count). The fourth-order valence-electron chi connectivity index (χ4n) is 8.66. The van der Waals surface area contributed by atoms with Crippen molar-refractivity contribution in [3.63, 3.8) is 0 Å². The standard InChI is InChI=1S/C12H12F6O.C12H13F5O.C11H11F5O.C11H11F5.C10H9F6N.C10H10F3I.C10H11F3O/c1-7(2)8-3-9(12(16,17)18)5-10(4-8)19-6-11(13,14)15;1-7(2)8-3-9(12(15,16)17)5-10(4-8)18-6-11(13)14;1-6(2)7-3-8(11(14,15)16)5-9(4-7)17-10(12)13;1-6(2)7-3-8(10(12)13)5-9(4-7)11(14,15)16;1-5(2)7-3-6(9(11,12)13)4-8(17-7)10(14,15)16;1-6(2)7-3-8(10(11,12)13)5-9(14)4-7;1-7(2)8-4-3-5-9(6-8)14-10(11,12)13/h3-5,7H,6H2,1-2H3;3-5,7,11H,6H2,1-2H3;3-6,10H,1-2H3;3-6,10H,1-2H3;3-5H,1-2H3;3-6H,1-2H3;3-7H,1-2H3. The number of nitrogens with zero attached hydrogens (tertiary/aromatic N) is 1. The van der Waals surface area contributed by atoms with Crippen LogP contribution < -0.4 is 18.9 Å². The number of pyridine rings is 1. The summed E-state index contributed by atoms with van der Waals surface area (Å²) in [6, 6.07) is 21.8. The highest BCUT2D eigenvalue weighted by Gasteiger charge is 2.40. The third-order valence-electron chi connectivity index (χ3n) is 14.7. The minimum absolute atomic E-state index is 0.0197. The van der Waals surface area contributed by atoms with Crippen LogP contribution in [-0.4, -0.2) is 43.8 Å². The van der Waals surface area contributed by atoms with Crippen LogP contribution in [0.25, 0.3) is 0 Å². The van der Waals surface area contributed by atoms with Crippen LogP contribution in [0.1, 0.15) is 228 Å². The zero-order valence-electron chi connectivity index (χ0n) is 62.7. The first kappa shape index (κ1) is 105. The molecule has 0 saturated carbocycles. The lowest BCUT2D eigenvalue weighted by atomic mass is 9.97. The average Bonchev–Trinajstić information content (AvgIpc) is 0.867. The van der Waals surface area contributed by atoms with E-state index in [0.29, 0.717) is 39.0 Å². The zero-order valence-corrected chi connectivity index (χ0v) is 64.9. The van der Waals surface area contributed by atoms with E-state index in [1.165, 1.54) is 50.2 Å². The van der Waals surface area contributed by atoms with E-state index in [-0.39, 0.29) is 69.9 Å². The maximum absolute atomic E-state index is 12.6. The van der Waals surface area contributed by atoms with Gasteiger partial charge < -0.3 is 18.9 Å². The first-order valence-corrected chi connectivity index (χ1v) is 34.5. The highest BCUT2D eigenvalue weighted by Crippen LogP contribution is 2.42. The van der Waals surface area contributed by atoms with Crippen molar-refractivity contribution in [2.75, 3.05) is 13.2 Å². The number of benzene rings is 6. The molecule has 115 heavy (non-hydrogen) atoms. The summed E-state index contributed by atoms with van der Waals surface area (Å²) in [7, 11) is 0. The molecule has 39 heteroatoms. The molecule has 0 radical (unpaired) electrons. The molecule has 0 aliphatic heterocycles. The second-order valence-electron chi connectivity index (χ2n) is 26.7. The monoisotopic (exact) mass is 1820 g/mol. The van der Waals surface area contributed by atoms with E-state index in [1.807, 2.05) is 50.3 Å². The first-order chi connectivity index (χ1) is 51.8. The number of aromatic nitrogens is 1. The van der Waals surface area contributed by atoms with Crippen LogP contribution in [0.2, 0.25) is 0 Å². The molecule has 0 aliphatic rings. The molecule has 0 aliphatic carbocycles. The van der Waals surface area contributed by atoms with Gasteiger partial charge in [-0.05, 0) is 213 Å². The highest BCUT2D eigenvalue weighted by atomic mass is 127. The smallest absolute Gasteiger partial charge is 0.488 e. The Morgan fingerprint density at radius 3 is 0.965 bits per heavy atom. The summed E-state index contributed by atoms with van der Waals surface area (Å²) in [4.78, 5) is 3.19. The van der Waals surface area contributed by atoms with Gasteiger partial charge in [-0.3, -0.25) is 0 Å². The van der Waals surface area contributed by atoms with Crippen LogP contribution >= 0.6 is 22.6 Å². The largest absolute Gasteiger partial charge is 0.573 e. The maximum Gasteiger partial charge on any atom is 0.573 e. The Morgan fingerprint density at radius 2 is 0.635 bits per heavy atom. The Hall–Kier alpha value is -7.91. The molecule has 0 atom stereocenters. The van der Waals surface area contributed by atoms with Crippen molar-refractivity contribution >= 4 is 22.6 Å². The lowest BCUT2D eigenvalue weighted by molar-refractivity contribution is -0.274. The topological polar surface area (TPSA) is 49.8 Å². The molecule has 7 aromatic rings. The van der Waals surface area contributed by atoms with Crippen LogP contribution in [-0.2, 0) is 43.2 Å². The second kappa shape index (κ2) is 43.5. The molecule has 0 spiro atoms. The van der Waals surface area contributed by atoms with E-state index < -0.39 is 151 Å². The van der Waals surface area contributed by atoms with E-state index in [9.17, 15) is 145 Å². The normalized spacial score (nSPS) is 12.5. The van der Waals surface area contributed by atoms with Gasteiger partial charge in [0, 0.05) is 14.8 Å². The fraction of sp³-hybridized carbons (Fsp3) is 0.461. The minimum Gasteiger partial charge on any atom is -0.488 e. The van der Waals surface area contributed by atoms with Crippen LogP contribution in [0.4, 0.5) is 145 Å². The molecular formula is C76H77F33INO4. The van der Waals surface area contributed by atoms with Crippen LogP contribution in [0.5, 0.6) is 23.0 Å². The number of ether oxygens (including phenoxy) is 4. The Balaban J connectivity index is 0.000000672. The van der Waals surface area contributed by atoms with Crippen LogP contribution in [0.15, 0.2) is 127 Å².